The Morgan fingerprint density at radius 2 is 2.23 bits per heavy atom. The van der Waals surface area contributed by atoms with Gasteiger partial charge in [-0.15, -0.1) is 0 Å². The van der Waals surface area contributed by atoms with Crippen LogP contribution in [0.1, 0.15) is 19.8 Å². The van der Waals surface area contributed by atoms with Gasteiger partial charge in [0.1, 0.15) is 6.10 Å². The molecule has 2 bridgehead atoms. The molecule has 3 heteroatoms. The highest BCUT2D eigenvalue weighted by atomic mass is 16.6. The average molecular weight is 184 g/mol. The molecule has 13 heavy (non-hydrogen) atoms. The van der Waals surface area contributed by atoms with Crippen LogP contribution in [0.4, 0.5) is 0 Å². The molecule has 74 valence electrons. The van der Waals surface area contributed by atoms with Crippen molar-refractivity contribution < 1.29 is 14.2 Å². The van der Waals surface area contributed by atoms with E-state index in [4.69, 9.17) is 14.2 Å². The lowest BCUT2D eigenvalue weighted by atomic mass is 9.88. The van der Waals surface area contributed by atoms with E-state index < -0.39 is 0 Å². The lowest BCUT2D eigenvalue weighted by molar-refractivity contribution is -0.0199. The first-order valence-electron chi connectivity index (χ1n) is 5.21. The third-order valence-electron chi connectivity index (χ3n) is 3.31. The van der Waals surface area contributed by atoms with Crippen LogP contribution in [0.2, 0.25) is 0 Å². The predicted molar refractivity (Wildman–Crippen MR) is 46.5 cm³/mol. The molecule has 3 aliphatic heterocycles. The van der Waals surface area contributed by atoms with E-state index in [-0.39, 0.29) is 0 Å². The fourth-order valence-corrected chi connectivity index (χ4v) is 2.52. The van der Waals surface area contributed by atoms with E-state index in [1.165, 1.54) is 6.42 Å². The molecular weight excluding hydrogens is 168 g/mol. The predicted octanol–water partition coefficient (Wildman–Crippen LogP) is 0.968. The normalized spacial score (nSPS) is 52.8. The quantitative estimate of drug-likeness (QED) is 0.612. The van der Waals surface area contributed by atoms with Crippen LogP contribution in [-0.4, -0.2) is 37.6 Å². The summed E-state index contributed by atoms with van der Waals surface area (Å²) < 4.78 is 16.7. The maximum Gasteiger partial charge on any atom is 0.104 e. The van der Waals surface area contributed by atoms with Crippen molar-refractivity contribution in [2.24, 2.45) is 5.92 Å². The Hall–Kier alpha value is -0.120. The molecule has 3 rings (SSSR count). The summed E-state index contributed by atoms with van der Waals surface area (Å²) in [5.74, 6) is 0.684. The molecule has 0 aromatic heterocycles. The Morgan fingerprint density at radius 1 is 1.38 bits per heavy atom. The van der Waals surface area contributed by atoms with Gasteiger partial charge in [-0.1, -0.05) is 6.92 Å². The van der Waals surface area contributed by atoms with Crippen molar-refractivity contribution in [1.82, 2.24) is 0 Å². The summed E-state index contributed by atoms with van der Waals surface area (Å²) in [6.07, 6.45) is 3.90. The van der Waals surface area contributed by atoms with Crippen LogP contribution < -0.4 is 0 Å². The average Bonchev–Trinajstić information content (AvgIpc) is 2.76. The highest BCUT2D eigenvalue weighted by Gasteiger charge is 2.46. The largest absolute Gasteiger partial charge is 0.373 e. The number of epoxide rings is 1. The third-order valence-corrected chi connectivity index (χ3v) is 3.31. The number of hydrogen-bond donors (Lipinski definition) is 0. The second-order valence-corrected chi connectivity index (χ2v) is 4.50. The fraction of sp³-hybridized carbons (Fsp3) is 1.00. The first-order valence-corrected chi connectivity index (χ1v) is 5.21. The van der Waals surface area contributed by atoms with Gasteiger partial charge in [0.25, 0.3) is 0 Å². The molecule has 3 heterocycles. The first-order chi connectivity index (χ1) is 6.33. The van der Waals surface area contributed by atoms with Crippen LogP contribution in [0.25, 0.3) is 0 Å². The molecule has 0 aliphatic carbocycles. The summed E-state index contributed by atoms with van der Waals surface area (Å²) in [6.45, 7) is 3.91. The second kappa shape index (κ2) is 2.94. The summed E-state index contributed by atoms with van der Waals surface area (Å²) in [5, 5.41) is 0. The monoisotopic (exact) mass is 184 g/mol. The van der Waals surface area contributed by atoms with Crippen molar-refractivity contribution in [3.8, 4) is 0 Å². The summed E-state index contributed by atoms with van der Waals surface area (Å²) in [6, 6.07) is 0. The van der Waals surface area contributed by atoms with Crippen LogP contribution in [0.5, 0.6) is 0 Å². The van der Waals surface area contributed by atoms with E-state index in [9.17, 15) is 0 Å². The molecule has 0 amide bonds. The molecular formula is C10H16O3. The number of rotatable bonds is 3. The molecule has 0 radical (unpaired) electrons. The van der Waals surface area contributed by atoms with E-state index in [0.717, 1.165) is 19.6 Å². The maximum absolute atomic E-state index is 5.78. The Balaban J connectivity index is 1.53. The molecule has 3 aliphatic rings. The summed E-state index contributed by atoms with van der Waals surface area (Å²) in [7, 11) is 0. The number of hydrogen-bond acceptors (Lipinski definition) is 3. The van der Waals surface area contributed by atoms with Gasteiger partial charge in [0.15, 0.2) is 0 Å². The van der Waals surface area contributed by atoms with Crippen molar-refractivity contribution in [2.45, 2.75) is 44.2 Å². The van der Waals surface area contributed by atoms with Gasteiger partial charge in [-0.2, -0.15) is 0 Å². The molecule has 0 aromatic rings. The van der Waals surface area contributed by atoms with E-state index in [2.05, 4.69) is 6.92 Å². The van der Waals surface area contributed by atoms with Crippen LogP contribution in [-0.2, 0) is 14.2 Å². The number of ether oxygens (including phenoxy) is 3. The molecule has 0 N–H and O–H groups in total. The van der Waals surface area contributed by atoms with Gasteiger partial charge in [-0.05, 0) is 12.3 Å². The van der Waals surface area contributed by atoms with Crippen molar-refractivity contribution in [3.63, 3.8) is 0 Å². The third kappa shape index (κ3) is 1.49. The molecule has 3 saturated heterocycles. The lowest BCUT2D eigenvalue weighted by Crippen LogP contribution is -2.32. The van der Waals surface area contributed by atoms with Gasteiger partial charge in [0.2, 0.25) is 0 Å². The molecule has 0 saturated carbocycles. The van der Waals surface area contributed by atoms with Crippen molar-refractivity contribution in [3.05, 3.63) is 0 Å². The molecule has 3 nitrogen and oxygen atoms in total. The van der Waals surface area contributed by atoms with Gasteiger partial charge < -0.3 is 14.2 Å². The molecule has 5 atom stereocenters. The van der Waals surface area contributed by atoms with Gasteiger partial charge in [0, 0.05) is 6.42 Å². The summed E-state index contributed by atoms with van der Waals surface area (Å²) >= 11 is 0. The standard InChI is InChI=1S/C10H16O3/c1-6-2-7-3-9(10(6)13-7)12-5-8-4-11-8/h6-10H,2-5H2,1H3. The van der Waals surface area contributed by atoms with Gasteiger partial charge in [0.05, 0.1) is 31.5 Å². The van der Waals surface area contributed by atoms with Crippen molar-refractivity contribution in [2.75, 3.05) is 13.2 Å². The summed E-state index contributed by atoms with van der Waals surface area (Å²) in [4.78, 5) is 0. The summed E-state index contributed by atoms with van der Waals surface area (Å²) in [5.41, 5.74) is 0. The Labute approximate surface area is 78.3 Å². The Morgan fingerprint density at radius 3 is 2.85 bits per heavy atom. The zero-order chi connectivity index (χ0) is 8.84. The Kier molecular flexibility index (Phi) is 1.86. The SMILES string of the molecule is CC1CC2CC(OCC3CO3)C1O2. The van der Waals surface area contributed by atoms with Gasteiger partial charge >= 0.3 is 0 Å². The molecule has 0 aromatic carbocycles. The molecule has 0 spiro atoms. The fourth-order valence-electron chi connectivity index (χ4n) is 2.52. The van der Waals surface area contributed by atoms with Crippen molar-refractivity contribution >= 4 is 0 Å². The maximum atomic E-state index is 5.78. The van der Waals surface area contributed by atoms with Crippen LogP contribution >= 0.6 is 0 Å². The lowest BCUT2D eigenvalue weighted by Gasteiger charge is -2.23. The van der Waals surface area contributed by atoms with E-state index in [0.29, 0.717) is 30.3 Å². The Bertz CT molecular complexity index is 202. The number of fused-ring (bicyclic) bond motifs is 2. The van der Waals surface area contributed by atoms with Crippen LogP contribution in [0.3, 0.4) is 0 Å². The minimum absolute atomic E-state index is 0.345. The molecule has 3 fully saturated rings. The highest BCUT2D eigenvalue weighted by molar-refractivity contribution is 4.94. The first kappa shape index (κ1) is 8.21. The van der Waals surface area contributed by atoms with Crippen LogP contribution in [0, 0.1) is 5.92 Å². The van der Waals surface area contributed by atoms with Gasteiger partial charge in [-0.3, -0.25) is 0 Å². The zero-order valence-corrected chi connectivity index (χ0v) is 7.94. The van der Waals surface area contributed by atoms with Gasteiger partial charge in [-0.25, -0.2) is 0 Å². The highest BCUT2D eigenvalue weighted by Crippen LogP contribution is 2.40. The molecule has 5 unspecified atom stereocenters. The van der Waals surface area contributed by atoms with E-state index >= 15 is 0 Å². The van der Waals surface area contributed by atoms with E-state index in [1.807, 2.05) is 0 Å². The van der Waals surface area contributed by atoms with E-state index in [1.54, 1.807) is 0 Å². The topological polar surface area (TPSA) is 31.0 Å². The second-order valence-electron chi connectivity index (χ2n) is 4.50. The minimum atomic E-state index is 0.345. The minimum Gasteiger partial charge on any atom is -0.373 e. The van der Waals surface area contributed by atoms with Crippen LogP contribution in [0.15, 0.2) is 0 Å². The zero-order valence-electron chi connectivity index (χ0n) is 7.94. The smallest absolute Gasteiger partial charge is 0.104 e. The van der Waals surface area contributed by atoms with Crippen molar-refractivity contribution in [1.29, 1.82) is 0 Å².